The Morgan fingerprint density at radius 2 is 2.31 bits per heavy atom. The number of ether oxygens (including phenoxy) is 3. The first kappa shape index (κ1) is 11.8. The monoisotopic (exact) mass is 231 g/mol. The Balaban J connectivity index is 1.86. The molecular weight excluding hydrogens is 214 g/mol. The van der Waals surface area contributed by atoms with Gasteiger partial charge in [-0.3, -0.25) is 4.79 Å². The molecular formula is C10H17NO5. The molecule has 5 atom stereocenters. The molecule has 6 heteroatoms. The topological polar surface area (TPSA) is 77.0 Å². The van der Waals surface area contributed by atoms with Gasteiger partial charge in [-0.2, -0.15) is 0 Å². The molecule has 0 spiro atoms. The maximum absolute atomic E-state index is 11.0. The van der Waals surface area contributed by atoms with Crippen LogP contribution in [0.2, 0.25) is 0 Å². The van der Waals surface area contributed by atoms with E-state index < -0.39 is 6.10 Å². The van der Waals surface area contributed by atoms with Crippen LogP contribution in [0.1, 0.15) is 13.8 Å². The van der Waals surface area contributed by atoms with Crippen LogP contribution in [0.3, 0.4) is 0 Å². The van der Waals surface area contributed by atoms with Crippen molar-refractivity contribution in [2.45, 2.75) is 38.6 Å². The van der Waals surface area contributed by atoms with Gasteiger partial charge in [-0.1, -0.05) is 0 Å². The van der Waals surface area contributed by atoms with Gasteiger partial charge in [-0.05, 0) is 13.8 Å². The van der Waals surface area contributed by atoms with Crippen molar-refractivity contribution in [3.63, 3.8) is 0 Å². The molecule has 1 amide bonds. The summed E-state index contributed by atoms with van der Waals surface area (Å²) in [5, 5.41) is 11.8. The summed E-state index contributed by atoms with van der Waals surface area (Å²) < 4.78 is 16.3. The van der Waals surface area contributed by atoms with Crippen LogP contribution in [0.5, 0.6) is 0 Å². The summed E-state index contributed by atoms with van der Waals surface area (Å²) in [6.07, 6.45) is -1.36. The lowest BCUT2D eigenvalue weighted by Crippen LogP contribution is -2.61. The van der Waals surface area contributed by atoms with Crippen molar-refractivity contribution in [1.82, 2.24) is 5.32 Å². The quantitative estimate of drug-likeness (QED) is 0.623. The molecule has 2 N–H and O–H groups in total. The zero-order valence-electron chi connectivity index (χ0n) is 9.38. The molecule has 0 unspecified atom stereocenters. The number of carbonyl (C=O) groups excluding carboxylic acids is 1. The molecule has 2 saturated heterocycles. The van der Waals surface area contributed by atoms with Crippen LogP contribution in [0.4, 0.5) is 0 Å². The predicted molar refractivity (Wildman–Crippen MR) is 53.3 cm³/mol. The SMILES string of the molecule is C[C@@H]1OC[C@@H](O[C@H]2NC(=O)[C@H]2C)[C@H](CO)O1. The molecule has 6 nitrogen and oxygen atoms in total. The number of hydrogen-bond donors (Lipinski definition) is 2. The fraction of sp³-hybridized carbons (Fsp3) is 0.900. The van der Waals surface area contributed by atoms with E-state index in [1.54, 1.807) is 13.8 Å². The zero-order chi connectivity index (χ0) is 11.7. The predicted octanol–water partition coefficient (Wildman–Crippen LogP) is -0.783. The van der Waals surface area contributed by atoms with Gasteiger partial charge in [0.05, 0.1) is 19.1 Å². The molecule has 0 bridgehead atoms. The van der Waals surface area contributed by atoms with Crippen LogP contribution >= 0.6 is 0 Å². The fourth-order valence-electron chi connectivity index (χ4n) is 1.78. The third-order valence-corrected chi connectivity index (χ3v) is 2.93. The van der Waals surface area contributed by atoms with Gasteiger partial charge in [-0.15, -0.1) is 0 Å². The molecule has 2 aliphatic rings. The van der Waals surface area contributed by atoms with Gasteiger partial charge in [-0.25, -0.2) is 0 Å². The van der Waals surface area contributed by atoms with Crippen LogP contribution in [-0.4, -0.2) is 49.0 Å². The van der Waals surface area contributed by atoms with Crippen molar-refractivity contribution < 1.29 is 24.1 Å². The van der Waals surface area contributed by atoms with Crippen LogP contribution in [0.25, 0.3) is 0 Å². The molecule has 16 heavy (non-hydrogen) atoms. The molecule has 0 aliphatic carbocycles. The first-order valence-corrected chi connectivity index (χ1v) is 5.45. The number of carbonyl (C=O) groups is 1. The summed E-state index contributed by atoms with van der Waals surface area (Å²) in [5.74, 6) is -0.171. The second kappa shape index (κ2) is 4.67. The highest BCUT2D eigenvalue weighted by molar-refractivity contribution is 5.84. The lowest BCUT2D eigenvalue weighted by molar-refractivity contribution is -0.275. The van der Waals surface area contributed by atoms with E-state index in [1.165, 1.54) is 0 Å². The molecule has 0 saturated carbocycles. The number of aliphatic hydroxyl groups excluding tert-OH is 1. The molecule has 92 valence electrons. The Kier molecular flexibility index (Phi) is 3.44. The molecule has 2 heterocycles. The molecule has 2 aliphatic heterocycles. The summed E-state index contributed by atoms with van der Waals surface area (Å²) in [5.41, 5.74) is 0. The van der Waals surface area contributed by atoms with Crippen LogP contribution < -0.4 is 5.32 Å². The summed E-state index contributed by atoms with van der Waals surface area (Å²) in [7, 11) is 0. The molecule has 0 aromatic heterocycles. The second-order valence-electron chi connectivity index (χ2n) is 4.15. The van der Waals surface area contributed by atoms with Crippen molar-refractivity contribution in [3.8, 4) is 0 Å². The normalized spacial score (nSPS) is 43.7. The van der Waals surface area contributed by atoms with Gasteiger partial charge in [0.15, 0.2) is 6.29 Å². The van der Waals surface area contributed by atoms with Gasteiger partial charge in [0, 0.05) is 0 Å². The van der Waals surface area contributed by atoms with Gasteiger partial charge in [0.25, 0.3) is 0 Å². The zero-order valence-corrected chi connectivity index (χ0v) is 9.38. The van der Waals surface area contributed by atoms with Crippen LogP contribution in [0.15, 0.2) is 0 Å². The largest absolute Gasteiger partial charge is 0.394 e. The van der Waals surface area contributed by atoms with Crippen LogP contribution in [0, 0.1) is 5.92 Å². The van der Waals surface area contributed by atoms with E-state index >= 15 is 0 Å². The summed E-state index contributed by atoms with van der Waals surface area (Å²) in [4.78, 5) is 11.0. The van der Waals surface area contributed by atoms with Crippen molar-refractivity contribution in [3.05, 3.63) is 0 Å². The first-order chi connectivity index (χ1) is 7.61. The number of rotatable bonds is 3. The van der Waals surface area contributed by atoms with E-state index in [4.69, 9.17) is 19.3 Å². The van der Waals surface area contributed by atoms with Crippen molar-refractivity contribution >= 4 is 5.91 Å². The molecule has 0 aromatic carbocycles. The van der Waals surface area contributed by atoms with Gasteiger partial charge in [0.1, 0.15) is 18.4 Å². The van der Waals surface area contributed by atoms with Crippen LogP contribution in [-0.2, 0) is 19.0 Å². The summed E-state index contributed by atoms with van der Waals surface area (Å²) in [6, 6.07) is 0. The number of aliphatic hydroxyl groups is 1. The minimum Gasteiger partial charge on any atom is -0.394 e. The van der Waals surface area contributed by atoms with Crippen molar-refractivity contribution in [1.29, 1.82) is 0 Å². The number of nitrogens with one attached hydrogen (secondary N) is 1. The van der Waals surface area contributed by atoms with Gasteiger partial charge in [0.2, 0.25) is 5.91 Å². The maximum atomic E-state index is 11.0. The smallest absolute Gasteiger partial charge is 0.229 e. The number of β-lactam (4-membered cyclic amide) rings is 1. The van der Waals surface area contributed by atoms with Gasteiger partial charge >= 0.3 is 0 Å². The minimum absolute atomic E-state index is 0.0171. The second-order valence-corrected chi connectivity index (χ2v) is 4.15. The standard InChI is InChI=1S/C10H17NO5/c1-5-9(13)11-10(5)16-8-4-14-6(2)15-7(8)3-12/h5-8,10,12H,3-4H2,1-2H3,(H,11,13)/t5-,6-,7+,8-,10-/m1/s1. The third kappa shape index (κ3) is 2.20. The Hall–Kier alpha value is -0.690. The van der Waals surface area contributed by atoms with E-state index in [0.717, 1.165) is 0 Å². The molecule has 2 fully saturated rings. The van der Waals surface area contributed by atoms with Crippen molar-refractivity contribution in [2.75, 3.05) is 13.2 Å². The fourth-order valence-corrected chi connectivity index (χ4v) is 1.78. The van der Waals surface area contributed by atoms with E-state index in [2.05, 4.69) is 5.32 Å². The Morgan fingerprint density at radius 3 is 2.88 bits per heavy atom. The first-order valence-electron chi connectivity index (χ1n) is 5.45. The number of amides is 1. The highest BCUT2D eigenvalue weighted by Gasteiger charge is 2.41. The highest BCUT2D eigenvalue weighted by atomic mass is 16.7. The Labute approximate surface area is 93.9 Å². The average Bonchev–Trinajstić information content (AvgIpc) is 2.30. The summed E-state index contributed by atoms with van der Waals surface area (Å²) in [6.45, 7) is 3.82. The van der Waals surface area contributed by atoms with E-state index in [1.807, 2.05) is 0 Å². The maximum Gasteiger partial charge on any atom is 0.229 e. The average molecular weight is 231 g/mol. The third-order valence-electron chi connectivity index (χ3n) is 2.93. The molecule has 2 rings (SSSR count). The molecule has 0 radical (unpaired) electrons. The van der Waals surface area contributed by atoms with E-state index in [0.29, 0.717) is 6.61 Å². The summed E-state index contributed by atoms with van der Waals surface area (Å²) >= 11 is 0. The highest BCUT2D eigenvalue weighted by Crippen LogP contribution is 2.22. The van der Waals surface area contributed by atoms with E-state index in [9.17, 15) is 4.79 Å². The number of hydrogen-bond acceptors (Lipinski definition) is 5. The Morgan fingerprint density at radius 1 is 1.56 bits per heavy atom. The van der Waals surface area contributed by atoms with E-state index in [-0.39, 0.29) is 37.1 Å². The van der Waals surface area contributed by atoms with Gasteiger partial charge < -0.3 is 24.6 Å². The molecule has 0 aromatic rings. The lowest BCUT2D eigenvalue weighted by atomic mass is 10.0. The minimum atomic E-state index is -0.395. The lowest BCUT2D eigenvalue weighted by Gasteiger charge is -2.41. The van der Waals surface area contributed by atoms with Crippen molar-refractivity contribution in [2.24, 2.45) is 5.92 Å². The Bertz CT molecular complexity index is 272.